The first-order chi connectivity index (χ1) is 10.1. The van der Waals surface area contributed by atoms with Gasteiger partial charge in [0.25, 0.3) is 0 Å². The van der Waals surface area contributed by atoms with Gasteiger partial charge in [-0.15, -0.1) is 0 Å². The lowest BCUT2D eigenvalue weighted by atomic mass is 10.1. The molecule has 0 radical (unpaired) electrons. The van der Waals surface area contributed by atoms with Crippen LogP contribution in [0.1, 0.15) is 16.7 Å². The van der Waals surface area contributed by atoms with Crippen LogP contribution in [-0.2, 0) is 0 Å². The van der Waals surface area contributed by atoms with Crippen LogP contribution in [0.4, 0.5) is 5.69 Å². The highest BCUT2D eigenvalue weighted by Crippen LogP contribution is 2.33. The van der Waals surface area contributed by atoms with Gasteiger partial charge >= 0.3 is 5.69 Å². The van der Waals surface area contributed by atoms with Crippen molar-refractivity contribution in [2.75, 3.05) is 0 Å². The molecule has 0 aliphatic heterocycles. The van der Waals surface area contributed by atoms with E-state index < -0.39 is 4.92 Å². The molecule has 1 heterocycles. The molecular formula is C14H8N4O3. The molecule has 7 heteroatoms. The van der Waals surface area contributed by atoms with E-state index in [1.165, 1.54) is 18.3 Å². The summed E-state index contributed by atoms with van der Waals surface area (Å²) in [6.45, 7) is 1.71. The molecule has 2 aromatic rings. The normalized spacial score (nSPS) is 9.48. The summed E-state index contributed by atoms with van der Waals surface area (Å²) in [5.41, 5.74) is 0.642. The zero-order chi connectivity index (χ0) is 15.4. The van der Waals surface area contributed by atoms with Crippen LogP contribution in [0.2, 0.25) is 0 Å². The van der Waals surface area contributed by atoms with Gasteiger partial charge < -0.3 is 4.74 Å². The Labute approximate surface area is 119 Å². The van der Waals surface area contributed by atoms with Gasteiger partial charge in [-0.25, -0.2) is 4.98 Å². The number of pyridine rings is 1. The highest BCUT2D eigenvalue weighted by atomic mass is 16.6. The Morgan fingerprint density at radius 3 is 2.67 bits per heavy atom. The molecule has 0 unspecified atom stereocenters. The van der Waals surface area contributed by atoms with Crippen LogP contribution in [0, 0.1) is 39.7 Å². The Bertz CT molecular complexity index is 803. The van der Waals surface area contributed by atoms with E-state index in [0.29, 0.717) is 5.56 Å². The van der Waals surface area contributed by atoms with E-state index >= 15 is 0 Å². The zero-order valence-electron chi connectivity index (χ0n) is 10.9. The van der Waals surface area contributed by atoms with Crippen molar-refractivity contribution in [3.05, 3.63) is 57.3 Å². The topological polar surface area (TPSA) is 113 Å². The number of nitro groups is 1. The lowest BCUT2D eigenvalue weighted by molar-refractivity contribution is -0.385. The van der Waals surface area contributed by atoms with E-state index in [1.54, 1.807) is 13.0 Å². The summed E-state index contributed by atoms with van der Waals surface area (Å²) in [6, 6.07) is 9.21. The average Bonchev–Trinajstić information content (AvgIpc) is 2.47. The molecule has 2 rings (SSSR count). The molecule has 0 saturated heterocycles. The molecule has 102 valence electrons. The van der Waals surface area contributed by atoms with Gasteiger partial charge in [-0.3, -0.25) is 10.1 Å². The zero-order valence-corrected chi connectivity index (χ0v) is 10.9. The molecule has 0 aliphatic rings. The number of benzene rings is 1. The SMILES string of the molecule is Cc1ccnc(Oc2ccc(C#N)cc2[N+](=O)[O-])c1C#N. The number of hydrogen-bond acceptors (Lipinski definition) is 6. The lowest BCUT2D eigenvalue weighted by Gasteiger charge is -2.08. The van der Waals surface area contributed by atoms with E-state index in [-0.39, 0.29) is 28.4 Å². The first-order valence-corrected chi connectivity index (χ1v) is 5.79. The first kappa shape index (κ1) is 14.0. The van der Waals surface area contributed by atoms with E-state index in [9.17, 15) is 10.1 Å². The van der Waals surface area contributed by atoms with Crippen molar-refractivity contribution in [1.29, 1.82) is 10.5 Å². The lowest BCUT2D eigenvalue weighted by Crippen LogP contribution is -1.98. The molecular weight excluding hydrogens is 272 g/mol. The molecule has 21 heavy (non-hydrogen) atoms. The van der Waals surface area contributed by atoms with Gasteiger partial charge in [0.15, 0.2) is 0 Å². The van der Waals surface area contributed by atoms with Gasteiger partial charge in [0.05, 0.1) is 16.6 Å². The average molecular weight is 280 g/mol. The predicted molar refractivity (Wildman–Crippen MR) is 71.6 cm³/mol. The summed E-state index contributed by atoms with van der Waals surface area (Å²) in [4.78, 5) is 14.3. The van der Waals surface area contributed by atoms with Gasteiger partial charge in [-0.05, 0) is 30.7 Å². The Kier molecular flexibility index (Phi) is 3.78. The molecule has 0 N–H and O–H groups in total. The van der Waals surface area contributed by atoms with Crippen LogP contribution in [0.5, 0.6) is 11.6 Å². The van der Waals surface area contributed by atoms with E-state index in [0.717, 1.165) is 6.07 Å². The number of nitrogens with zero attached hydrogens (tertiary/aromatic N) is 4. The summed E-state index contributed by atoms with van der Waals surface area (Å²) < 4.78 is 5.39. The molecule has 0 bridgehead atoms. The third-order valence-electron chi connectivity index (χ3n) is 2.73. The van der Waals surface area contributed by atoms with Crippen LogP contribution >= 0.6 is 0 Å². The van der Waals surface area contributed by atoms with Crippen LogP contribution < -0.4 is 4.74 Å². The second-order valence-corrected chi connectivity index (χ2v) is 4.07. The number of rotatable bonds is 3. The highest BCUT2D eigenvalue weighted by molar-refractivity contribution is 5.54. The summed E-state index contributed by atoms with van der Waals surface area (Å²) in [6.07, 6.45) is 1.45. The number of nitriles is 2. The second kappa shape index (κ2) is 5.68. The van der Waals surface area contributed by atoms with Crippen molar-refractivity contribution in [1.82, 2.24) is 4.98 Å². The van der Waals surface area contributed by atoms with Crippen LogP contribution in [-0.4, -0.2) is 9.91 Å². The Balaban J connectivity index is 2.51. The Hall–Kier alpha value is -3.45. The minimum atomic E-state index is -0.655. The van der Waals surface area contributed by atoms with Gasteiger partial charge in [0, 0.05) is 12.3 Å². The number of aryl methyl sites for hydroxylation is 1. The molecule has 0 amide bonds. The maximum absolute atomic E-state index is 11.0. The fourth-order valence-electron chi connectivity index (χ4n) is 1.67. The van der Waals surface area contributed by atoms with Gasteiger partial charge in [0.2, 0.25) is 11.6 Å². The van der Waals surface area contributed by atoms with E-state index in [2.05, 4.69) is 4.98 Å². The van der Waals surface area contributed by atoms with E-state index in [1.807, 2.05) is 12.1 Å². The largest absolute Gasteiger partial charge is 0.430 e. The quantitative estimate of drug-likeness (QED) is 0.631. The highest BCUT2D eigenvalue weighted by Gasteiger charge is 2.19. The van der Waals surface area contributed by atoms with Crippen molar-refractivity contribution in [3.63, 3.8) is 0 Å². The Morgan fingerprint density at radius 1 is 1.29 bits per heavy atom. The molecule has 1 aromatic carbocycles. The number of ether oxygens (including phenoxy) is 1. The standard InChI is InChI=1S/C14H8N4O3/c1-9-4-5-17-14(11(9)8-16)21-13-3-2-10(7-15)6-12(13)18(19)20/h2-6H,1H3. The molecule has 0 atom stereocenters. The molecule has 0 saturated carbocycles. The summed E-state index contributed by atoms with van der Waals surface area (Å²) in [5, 5.41) is 28.9. The van der Waals surface area contributed by atoms with Crippen molar-refractivity contribution in [2.24, 2.45) is 0 Å². The molecule has 7 nitrogen and oxygen atoms in total. The molecule has 0 aliphatic carbocycles. The number of aromatic nitrogens is 1. The van der Waals surface area contributed by atoms with Gasteiger partial charge in [0.1, 0.15) is 11.6 Å². The molecule has 0 spiro atoms. The summed E-state index contributed by atoms with van der Waals surface area (Å²) in [7, 11) is 0. The maximum atomic E-state index is 11.0. The third kappa shape index (κ3) is 2.77. The minimum absolute atomic E-state index is 0.00897. The second-order valence-electron chi connectivity index (χ2n) is 4.07. The number of nitro benzene ring substituents is 1. The van der Waals surface area contributed by atoms with Crippen molar-refractivity contribution in [2.45, 2.75) is 6.92 Å². The van der Waals surface area contributed by atoms with Crippen LogP contribution in [0.3, 0.4) is 0 Å². The smallest absolute Gasteiger partial charge is 0.312 e. The van der Waals surface area contributed by atoms with Gasteiger partial charge in [-0.1, -0.05) is 0 Å². The van der Waals surface area contributed by atoms with Crippen LogP contribution in [0.15, 0.2) is 30.5 Å². The third-order valence-corrected chi connectivity index (χ3v) is 2.73. The maximum Gasteiger partial charge on any atom is 0.312 e. The monoisotopic (exact) mass is 280 g/mol. The molecule has 0 fully saturated rings. The van der Waals surface area contributed by atoms with Crippen molar-refractivity contribution in [3.8, 4) is 23.8 Å². The van der Waals surface area contributed by atoms with Crippen molar-refractivity contribution < 1.29 is 9.66 Å². The first-order valence-electron chi connectivity index (χ1n) is 5.79. The van der Waals surface area contributed by atoms with Crippen molar-refractivity contribution >= 4 is 5.69 Å². The van der Waals surface area contributed by atoms with E-state index in [4.69, 9.17) is 15.3 Å². The number of hydrogen-bond donors (Lipinski definition) is 0. The van der Waals surface area contributed by atoms with Gasteiger partial charge in [-0.2, -0.15) is 10.5 Å². The van der Waals surface area contributed by atoms with Crippen LogP contribution in [0.25, 0.3) is 0 Å². The minimum Gasteiger partial charge on any atom is -0.430 e. The fraction of sp³-hybridized carbons (Fsp3) is 0.0714. The summed E-state index contributed by atoms with van der Waals surface area (Å²) in [5.74, 6) is -0.0843. The fourth-order valence-corrected chi connectivity index (χ4v) is 1.67. The molecule has 1 aromatic heterocycles. The predicted octanol–water partition coefficient (Wildman–Crippen LogP) is 2.83. The summed E-state index contributed by atoms with van der Waals surface area (Å²) >= 11 is 0. The Morgan fingerprint density at radius 2 is 2.05 bits per heavy atom.